The fraction of sp³-hybridized carbons (Fsp3) is 0. The summed E-state index contributed by atoms with van der Waals surface area (Å²) in [7, 11) is 0. The lowest BCUT2D eigenvalue weighted by Crippen LogP contribution is -2.01. The molecule has 0 bridgehead atoms. The van der Waals surface area contributed by atoms with Crippen LogP contribution >= 0.6 is 15.9 Å². The molecule has 0 amide bonds. The van der Waals surface area contributed by atoms with Gasteiger partial charge in [0, 0.05) is 16.9 Å². The molecule has 0 spiro atoms. The average Bonchev–Trinajstić information content (AvgIpc) is 2.88. The highest BCUT2D eigenvalue weighted by molar-refractivity contribution is 9.10. The van der Waals surface area contributed by atoms with Crippen LogP contribution in [-0.4, -0.2) is 20.5 Å². The van der Waals surface area contributed by atoms with E-state index in [1.165, 1.54) is 6.07 Å². The lowest BCUT2D eigenvalue weighted by Gasteiger charge is -2.10. The molecule has 2 aromatic heterocycles. The molecular weight excluding hydrogens is 324 g/mol. The van der Waals surface area contributed by atoms with Gasteiger partial charge < -0.3 is 9.84 Å². The molecule has 0 atom stereocenters. The van der Waals surface area contributed by atoms with Crippen LogP contribution in [0, 0.1) is 0 Å². The summed E-state index contributed by atoms with van der Waals surface area (Å²) in [6.45, 7) is 0. The molecule has 3 rings (SSSR count). The van der Waals surface area contributed by atoms with Crippen LogP contribution in [0.1, 0.15) is 10.4 Å². The number of rotatable bonds is 3. The third-order valence-electron chi connectivity index (χ3n) is 2.78. The van der Waals surface area contributed by atoms with Gasteiger partial charge in [0.05, 0.1) is 0 Å². The first-order chi connectivity index (χ1) is 9.65. The van der Waals surface area contributed by atoms with Gasteiger partial charge in [0.1, 0.15) is 17.0 Å². The number of hydrogen-bond acceptors (Lipinski definition) is 3. The number of ether oxygens (including phenoxy) is 1. The zero-order chi connectivity index (χ0) is 14.1. The van der Waals surface area contributed by atoms with Gasteiger partial charge in [0.15, 0.2) is 0 Å². The van der Waals surface area contributed by atoms with Crippen LogP contribution in [0.2, 0.25) is 0 Å². The number of aromatic nitrogens is 2. The highest BCUT2D eigenvalue weighted by Gasteiger charge is 2.13. The zero-order valence-corrected chi connectivity index (χ0v) is 11.7. The maximum atomic E-state index is 11.2. The van der Waals surface area contributed by atoms with Gasteiger partial charge in [-0.25, -0.2) is 9.78 Å². The van der Waals surface area contributed by atoms with Crippen LogP contribution in [0.15, 0.2) is 53.3 Å². The van der Waals surface area contributed by atoms with Crippen molar-refractivity contribution in [3.63, 3.8) is 0 Å². The number of fused-ring (bicyclic) bond motifs is 1. The van der Waals surface area contributed by atoms with Crippen molar-refractivity contribution >= 4 is 27.5 Å². The van der Waals surface area contributed by atoms with Crippen molar-refractivity contribution < 1.29 is 14.6 Å². The molecule has 1 aromatic carbocycles. The van der Waals surface area contributed by atoms with E-state index in [4.69, 9.17) is 4.74 Å². The highest BCUT2D eigenvalue weighted by Crippen LogP contribution is 2.29. The summed E-state index contributed by atoms with van der Waals surface area (Å²) < 4.78 is 8.22. The van der Waals surface area contributed by atoms with E-state index in [2.05, 4.69) is 20.9 Å². The van der Waals surface area contributed by atoms with Crippen LogP contribution < -0.4 is 4.74 Å². The minimum Gasteiger partial charge on any atom is -0.478 e. The van der Waals surface area contributed by atoms with Crippen molar-refractivity contribution in [1.29, 1.82) is 0 Å². The van der Waals surface area contributed by atoms with E-state index in [0.29, 0.717) is 5.88 Å². The zero-order valence-electron chi connectivity index (χ0n) is 10.2. The molecule has 0 saturated heterocycles. The second-order valence-corrected chi connectivity index (χ2v) is 4.98. The Kier molecular flexibility index (Phi) is 3.15. The molecule has 0 radical (unpaired) electrons. The Labute approximate surface area is 122 Å². The number of carboxylic acid groups (broad SMARTS) is 1. The molecule has 0 saturated carbocycles. The van der Waals surface area contributed by atoms with Crippen molar-refractivity contribution in [1.82, 2.24) is 9.38 Å². The van der Waals surface area contributed by atoms with Gasteiger partial charge in [0.25, 0.3) is 0 Å². The predicted octanol–water partition coefficient (Wildman–Crippen LogP) is 3.59. The van der Waals surface area contributed by atoms with Gasteiger partial charge in [-0.15, -0.1) is 0 Å². The summed E-state index contributed by atoms with van der Waals surface area (Å²) in [5.74, 6) is -0.265. The number of hydrogen-bond donors (Lipinski definition) is 1. The van der Waals surface area contributed by atoms with Gasteiger partial charge >= 0.3 is 5.97 Å². The van der Waals surface area contributed by atoms with Crippen molar-refractivity contribution in [3.8, 4) is 11.6 Å². The summed E-state index contributed by atoms with van der Waals surface area (Å²) in [4.78, 5) is 15.4. The van der Waals surface area contributed by atoms with E-state index in [9.17, 15) is 9.90 Å². The predicted molar refractivity (Wildman–Crippen MR) is 76.4 cm³/mol. The molecule has 0 aliphatic carbocycles. The maximum Gasteiger partial charge on any atom is 0.339 e. The minimum atomic E-state index is -1.04. The normalized spacial score (nSPS) is 10.7. The third-order valence-corrected chi connectivity index (χ3v) is 3.27. The number of carbonyl (C=O) groups is 1. The molecular formula is C14H9BrN2O3. The van der Waals surface area contributed by atoms with Crippen molar-refractivity contribution in [2.45, 2.75) is 0 Å². The van der Waals surface area contributed by atoms with Gasteiger partial charge in [-0.05, 0) is 30.3 Å². The number of nitrogens with zero attached hydrogens (tertiary/aromatic N) is 2. The molecule has 0 unspecified atom stereocenters. The summed E-state index contributed by atoms with van der Waals surface area (Å²) in [5, 5.41) is 9.19. The molecule has 0 aliphatic heterocycles. The monoisotopic (exact) mass is 332 g/mol. The Bertz CT molecular complexity index is 798. The first kappa shape index (κ1) is 12.7. The molecule has 20 heavy (non-hydrogen) atoms. The van der Waals surface area contributed by atoms with Crippen LogP contribution in [0.4, 0.5) is 0 Å². The number of aromatic carboxylic acids is 1. The largest absolute Gasteiger partial charge is 0.478 e. The first-order valence-electron chi connectivity index (χ1n) is 5.78. The van der Waals surface area contributed by atoms with Crippen LogP contribution in [0.5, 0.6) is 11.6 Å². The van der Waals surface area contributed by atoms with Crippen molar-refractivity contribution in [3.05, 3.63) is 58.8 Å². The van der Waals surface area contributed by atoms with E-state index < -0.39 is 5.97 Å². The van der Waals surface area contributed by atoms with Crippen LogP contribution in [-0.2, 0) is 0 Å². The van der Waals surface area contributed by atoms with Gasteiger partial charge in [0.2, 0.25) is 5.88 Å². The second kappa shape index (κ2) is 4.97. The van der Waals surface area contributed by atoms with Gasteiger partial charge in [-0.3, -0.25) is 4.40 Å². The highest BCUT2D eigenvalue weighted by atomic mass is 79.9. The smallest absolute Gasteiger partial charge is 0.339 e. The number of benzene rings is 1. The SMILES string of the molecule is O=C(O)c1ccc(Br)cc1Oc1cccc2nccn12. The van der Waals surface area contributed by atoms with E-state index in [1.54, 1.807) is 41.1 Å². The molecule has 5 nitrogen and oxygen atoms in total. The lowest BCUT2D eigenvalue weighted by molar-refractivity contribution is 0.0694. The maximum absolute atomic E-state index is 11.2. The summed E-state index contributed by atoms with van der Waals surface area (Å²) >= 11 is 3.31. The fourth-order valence-electron chi connectivity index (χ4n) is 1.87. The molecule has 3 aromatic rings. The first-order valence-corrected chi connectivity index (χ1v) is 6.57. The summed E-state index contributed by atoms with van der Waals surface area (Å²) in [5.41, 5.74) is 0.833. The number of halogens is 1. The van der Waals surface area contributed by atoms with E-state index >= 15 is 0 Å². The molecule has 100 valence electrons. The Morgan fingerprint density at radius 2 is 2.15 bits per heavy atom. The summed E-state index contributed by atoms with van der Waals surface area (Å²) in [6, 6.07) is 10.2. The quantitative estimate of drug-likeness (QED) is 0.796. The Hall–Kier alpha value is -2.34. The standard InChI is InChI=1S/C14H9BrN2O3/c15-9-4-5-10(14(18)19)11(8-9)20-13-3-1-2-12-16-6-7-17(12)13/h1-8H,(H,18,19). The Balaban J connectivity index is 2.09. The van der Waals surface area contributed by atoms with Crippen molar-refractivity contribution in [2.75, 3.05) is 0 Å². The topological polar surface area (TPSA) is 63.8 Å². The Morgan fingerprint density at radius 3 is 2.95 bits per heavy atom. The van der Waals surface area contributed by atoms with Crippen molar-refractivity contribution in [2.24, 2.45) is 0 Å². The second-order valence-electron chi connectivity index (χ2n) is 4.07. The molecule has 2 heterocycles. The van der Waals surface area contributed by atoms with Gasteiger partial charge in [-0.2, -0.15) is 0 Å². The van der Waals surface area contributed by atoms with Crippen LogP contribution in [0.25, 0.3) is 5.65 Å². The fourth-order valence-corrected chi connectivity index (χ4v) is 2.21. The molecule has 1 N–H and O–H groups in total. The number of carboxylic acids is 1. The number of imidazole rings is 1. The van der Waals surface area contributed by atoms with E-state index in [-0.39, 0.29) is 11.3 Å². The van der Waals surface area contributed by atoms with Gasteiger partial charge in [-0.1, -0.05) is 22.0 Å². The Morgan fingerprint density at radius 1 is 1.30 bits per heavy atom. The molecule has 6 heteroatoms. The van der Waals surface area contributed by atoms with E-state index in [1.807, 2.05) is 6.07 Å². The van der Waals surface area contributed by atoms with Crippen LogP contribution in [0.3, 0.4) is 0 Å². The lowest BCUT2D eigenvalue weighted by atomic mass is 10.2. The average molecular weight is 333 g/mol. The molecule has 0 aliphatic rings. The minimum absolute atomic E-state index is 0.102. The molecule has 0 fully saturated rings. The third kappa shape index (κ3) is 2.25. The number of pyridine rings is 1. The summed E-state index contributed by atoms with van der Waals surface area (Å²) in [6.07, 6.45) is 3.41. The van der Waals surface area contributed by atoms with E-state index in [0.717, 1.165) is 10.1 Å².